The fraction of sp³-hybridized carbons (Fsp3) is 0.438. The first-order valence-corrected chi connectivity index (χ1v) is 7.46. The second-order valence-corrected chi connectivity index (χ2v) is 5.73. The van der Waals surface area contributed by atoms with Crippen LogP contribution in [0.3, 0.4) is 0 Å². The van der Waals surface area contributed by atoms with Crippen molar-refractivity contribution in [2.75, 3.05) is 12.4 Å². The van der Waals surface area contributed by atoms with Gasteiger partial charge < -0.3 is 10.1 Å². The van der Waals surface area contributed by atoms with Crippen molar-refractivity contribution in [1.29, 1.82) is 0 Å². The minimum absolute atomic E-state index is 0.261. The fourth-order valence-electron chi connectivity index (χ4n) is 2.54. The summed E-state index contributed by atoms with van der Waals surface area (Å²) in [5.41, 5.74) is 1.21. The normalized spacial score (nSPS) is 15.4. The zero-order valence-electron chi connectivity index (χ0n) is 13.0. The van der Waals surface area contributed by atoms with Crippen molar-refractivity contribution in [3.63, 3.8) is 0 Å². The van der Waals surface area contributed by atoms with Gasteiger partial charge in [0.15, 0.2) is 0 Å². The first kappa shape index (κ1) is 14.6. The number of methoxy groups -OCH3 is 1. The van der Waals surface area contributed by atoms with E-state index in [0.29, 0.717) is 29.2 Å². The van der Waals surface area contributed by atoms with E-state index >= 15 is 0 Å². The van der Waals surface area contributed by atoms with Crippen LogP contribution < -0.4 is 10.1 Å². The fourth-order valence-corrected chi connectivity index (χ4v) is 2.54. The summed E-state index contributed by atoms with van der Waals surface area (Å²) in [5, 5.41) is 7.42. The van der Waals surface area contributed by atoms with E-state index in [1.54, 1.807) is 25.4 Å². The van der Waals surface area contributed by atoms with Gasteiger partial charge in [-0.25, -0.2) is 4.68 Å². The molecule has 1 amide bonds. The average Bonchev–Trinajstić information content (AvgIpc) is 3.30. The van der Waals surface area contributed by atoms with Gasteiger partial charge in [0.1, 0.15) is 17.3 Å². The molecular formula is C16H20N4O2. The van der Waals surface area contributed by atoms with Crippen LogP contribution in [0.5, 0.6) is 5.75 Å². The van der Waals surface area contributed by atoms with Gasteiger partial charge >= 0.3 is 0 Å². The maximum absolute atomic E-state index is 12.4. The molecule has 6 nitrogen and oxygen atoms in total. The SMILES string of the molecule is COc1ccnc(C(=O)Nc2cc(C)nn2C(C)C2CC2)c1. The molecule has 1 atom stereocenters. The summed E-state index contributed by atoms with van der Waals surface area (Å²) in [4.78, 5) is 16.5. The zero-order chi connectivity index (χ0) is 15.7. The van der Waals surface area contributed by atoms with Crippen LogP contribution in [-0.2, 0) is 0 Å². The van der Waals surface area contributed by atoms with E-state index in [0.717, 1.165) is 5.69 Å². The highest BCUT2D eigenvalue weighted by Gasteiger charge is 2.31. The van der Waals surface area contributed by atoms with Crippen LogP contribution in [0.4, 0.5) is 5.82 Å². The van der Waals surface area contributed by atoms with Crippen LogP contribution in [0.15, 0.2) is 24.4 Å². The number of aryl methyl sites for hydroxylation is 1. The molecule has 2 aromatic rings. The van der Waals surface area contributed by atoms with Gasteiger partial charge in [-0.1, -0.05) is 0 Å². The number of aromatic nitrogens is 3. The number of anilines is 1. The zero-order valence-corrected chi connectivity index (χ0v) is 13.0. The van der Waals surface area contributed by atoms with Crippen molar-refractivity contribution in [2.45, 2.75) is 32.7 Å². The molecule has 1 saturated carbocycles. The van der Waals surface area contributed by atoms with E-state index in [9.17, 15) is 4.79 Å². The molecule has 116 valence electrons. The number of carbonyl (C=O) groups excluding carboxylic acids is 1. The summed E-state index contributed by atoms with van der Waals surface area (Å²) in [5.74, 6) is 1.72. The molecule has 2 aromatic heterocycles. The number of carbonyl (C=O) groups is 1. The van der Waals surface area contributed by atoms with E-state index in [-0.39, 0.29) is 5.91 Å². The number of hydrogen-bond acceptors (Lipinski definition) is 4. The van der Waals surface area contributed by atoms with Crippen molar-refractivity contribution < 1.29 is 9.53 Å². The first-order chi connectivity index (χ1) is 10.6. The highest BCUT2D eigenvalue weighted by molar-refractivity contribution is 6.02. The van der Waals surface area contributed by atoms with Crippen molar-refractivity contribution in [2.24, 2.45) is 5.92 Å². The summed E-state index contributed by atoms with van der Waals surface area (Å²) in [6.45, 7) is 4.07. The molecule has 3 rings (SSSR count). The van der Waals surface area contributed by atoms with Crippen LogP contribution in [0.2, 0.25) is 0 Å². The van der Waals surface area contributed by atoms with Crippen molar-refractivity contribution in [3.05, 3.63) is 35.8 Å². The van der Waals surface area contributed by atoms with E-state index in [1.165, 1.54) is 12.8 Å². The Morgan fingerprint density at radius 2 is 2.23 bits per heavy atom. The lowest BCUT2D eigenvalue weighted by Gasteiger charge is -2.15. The molecule has 22 heavy (non-hydrogen) atoms. The van der Waals surface area contributed by atoms with Gasteiger partial charge in [0.05, 0.1) is 18.8 Å². The van der Waals surface area contributed by atoms with Gasteiger partial charge in [-0.3, -0.25) is 9.78 Å². The summed E-state index contributed by atoms with van der Waals surface area (Å²) in [7, 11) is 1.56. The predicted molar refractivity (Wildman–Crippen MR) is 83.1 cm³/mol. The maximum atomic E-state index is 12.4. The van der Waals surface area contributed by atoms with Gasteiger partial charge in [-0.05, 0) is 38.7 Å². The molecule has 1 N–H and O–H groups in total. The van der Waals surface area contributed by atoms with Gasteiger partial charge in [0, 0.05) is 18.3 Å². The molecule has 0 radical (unpaired) electrons. The van der Waals surface area contributed by atoms with Gasteiger partial charge in [0.25, 0.3) is 5.91 Å². The molecule has 6 heteroatoms. The molecule has 2 heterocycles. The third kappa shape index (κ3) is 2.95. The lowest BCUT2D eigenvalue weighted by Crippen LogP contribution is -2.19. The van der Waals surface area contributed by atoms with Crippen LogP contribution in [0.25, 0.3) is 0 Å². The Morgan fingerprint density at radius 3 is 2.91 bits per heavy atom. The van der Waals surface area contributed by atoms with Crippen LogP contribution in [0.1, 0.15) is 42.0 Å². The Morgan fingerprint density at radius 1 is 1.45 bits per heavy atom. The smallest absolute Gasteiger partial charge is 0.275 e. The first-order valence-electron chi connectivity index (χ1n) is 7.46. The molecule has 0 aliphatic heterocycles. The summed E-state index contributed by atoms with van der Waals surface area (Å²) < 4.78 is 7.03. The maximum Gasteiger partial charge on any atom is 0.275 e. The van der Waals surface area contributed by atoms with E-state index in [1.807, 2.05) is 17.7 Å². The monoisotopic (exact) mass is 300 g/mol. The Kier molecular flexibility index (Phi) is 3.83. The highest BCUT2D eigenvalue weighted by Crippen LogP contribution is 2.40. The Bertz CT molecular complexity index is 691. The van der Waals surface area contributed by atoms with Gasteiger partial charge in [0.2, 0.25) is 0 Å². The molecule has 0 bridgehead atoms. The molecular weight excluding hydrogens is 280 g/mol. The quantitative estimate of drug-likeness (QED) is 0.922. The van der Waals surface area contributed by atoms with E-state index in [4.69, 9.17) is 4.74 Å². The summed E-state index contributed by atoms with van der Waals surface area (Å²) >= 11 is 0. The Balaban J connectivity index is 1.81. The summed E-state index contributed by atoms with van der Waals surface area (Å²) in [6, 6.07) is 5.51. The lowest BCUT2D eigenvalue weighted by atomic mass is 10.2. The minimum Gasteiger partial charge on any atom is -0.497 e. The number of rotatable bonds is 5. The number of nitrogens with zero attached hydrogens (tertiary/aromatic N) is 3. The third-order valence-electron chi connectivity index (χ3n) is 3.99. The number of pyridine rings is 1. The average molecular weight is 300 g/mol. The topological polar surface area (TPSA) is 69.0 Å². The van der Waals surface area contributed by atoms with Crippen LogP contribution in [-0.4, -0.2) is 27.8 Å². The van der Waals surface area contributed by atoms with Gasteiger partial charge in [-0.15, -0.1) is 0 Å². The molecule has 1 aliphatic carbocycles. The minimum atomic E-state index is -0.261. The molecule has 0 saturated heterocycles. The predicted octanol–water partition coefficient (Wildman–Crippen LogP) is 2.82. The van der Waals surface area contributed by atoms with Gasteiger partial charge in [-0.2, -0.15) is 5.10 Å². The number of ether oxygens (including phenoxy) is 1. The van der Waals surface area contributed by atoms with Crippen molar-refractivity contribution in [1.82, 2.24) is 14.8 Å². The van der Waals surface area contributed by atoms with E-state index < -0.39 is 0 Å². The number of amides is 1. The second-order valence-electron chi connectivity index (χ2n) is 5.73. The lowest BCUT2D eigenvalue weighted by molar-refractivity contribution is 0.102. The van der Waals surface area contributed by atoms with Crippen LogP contribution >= 0.6 is 0 Å². The van der Waals surface area contributed by atoms with Crippen LogP contribution in [0, 0.1) is 12.8 Å². The largest absolute Gasteiger partial charge is 0.497 e. The number of hydrogen-bond donors (Lipinski definition) is 1. The Hall–Kier alpha value is -2.37. The molecule has 0 spiro atoms. The van der Waals surface area contributed by atoms with Crippen molar-refractivity contribution in [3.8, 4) is 5.75 Å². The number of nitrogens with one attached hydrogen (secondary N) is 1. The molecule has 1 unspecified atom stereocenters. The highest BCUT2D eigenvalue weighted by atomic mass is 16.5. The molecule has 1 fully saturated rings. The second kappa shape index (κ2) is 5.79. The molecule has 0 aromatic carbocycles. The Labute approximate surface area is 129 Å². The molecule has 1 aliphatic rings. The van der Waals surface area contributed by atoms with E-state index in [2.05, 4.69) is 22.3 Å². The van der Waals surface area contributed by atoms with Crippen molar-refractivity contribution >= 4 is 11.7 Å². The summed E-state index contributed by atoms with van der Waals surface area (Å²) in [6.07, 6.45) is 4.01. The third-order valence-corrected chi connectivity index (χ3v) is 3.99. The standard InChI is InChI=1S/C16H20N4O2/c1-10-8-15(20(19-10)11(2)12-4-5-12)18-16(21)14-9-13(22-3)6-7-17-14/h6-9,11-12H,4-5H2,1-3H3,(H,18,21).